The van der Waals surface area contributed by atoms with Crippen molar-refractivity contribution in [3.63, 3.8) is 0 Å². The van der Waals surface area contributed by atoms with E-state index in [2.05, 4.69) is 10.6 Å². The molecule has 1 heterocycles. The van der Waals surface area contributed by atoms with Crippen molar-refractivity contribution >= 4 is 17.5 Å². The Morgan fingerprint density at radius 3 is 2.32 bits per heavy atom. The molecule has 0 bridgehead atoms. The summed E-state index contributed by atoms with van der Waals surface area (Å²) >= 11 is 0. The number of anilines is 1. The van der Waals surface area contributed by atoms with Crippen LogP contribution in [0.15, 0.2) is 12.1 Å². The molecule has 0 radical (unpaired) electrons. The fourth-order valence-electron chi connectivity index (χ4n) is 2.41. The first kappa shape index (κ1) is 15.9. The highest BCUT2D eigenvalue weighted by Crippen LogP contribution is 2.40. The van der Waals surface area contributed by atoms with Crippen LogP contribution in [0.2, 0.25) is 0 Å². The lowest BCUT2D eigenvalue weighted by Gasteiger charge is -2.21. The molecule has 120 valence electrons. The maximum Gasteiger partial charge on any atom is 0.228 e. The molecule has 1 aliphatic heterocycles. The molecule has 1 saturated heterocycles. The van der Waals surface area contributed by atoms with Gasteiger partial charge in [-0.3, -0.25) is 9.59 Å². The van der Waals surface area contributed by atoms with Gasteiger partial charge in [-0.25, -0.2) is 0 Å². The summed E-state index contributed by atoms with van der Waals surface area (Å²) in [7, 11) is 4.53. The van der Waals surface area contributed by atoms with Crippen molar-refractivity contribution in [3.05, 3.63) is 12.1 Å². The highest BCUT2D eigenvalue weighted by atomic mass is 16.5. The number of benzene rings is 1. The standard InChI is InChI=1S/C15H20N2O5/c1-20-11-7-10(8-12(21-2)14(11)22-3)17-15(19)9-4-5-16-13(18)6-9/h7-9H,4-6H2,1-3H3,(H,16,18)(H,17,19). The molecule has 0 aromatic heterocycles. The van der Waals surface area contributed by atoms with E-state index in [0.717, 1.165) is 0 Å². The monoisotopic (exact) mass is 308 g/mol. The summed E-state index contributed by atoms with van der Waals surface area (Å²) in [5.41, 5.74) is 0.533. The zero-order chi connectivity index (χ0) is 16.1. The van der Waals surface area contributed by atoms with Crippen LogP contribution in [0, 0.1) is 5.92 Å². The third kappa shape index (κ3) is 3.41. The van der Waals surface area contributed by atoms with E-state index in [0.29, 0.717) is 35.9 Å². The van der Waals surface area contributed by atoms with Crippen LogP contribution in [-0.4, -0.2) is 39.7 Å². The van der Waals surface area contributed by atoms with Crippen LogP contribution >= 0.6 is 0 Å². The second kappa shape index (κ2) is 7.02. The minimum atomic E-state index is -0.326. The number of carbonyl (C=O) groups excluding carboxylic acids is 2. The number of ether oxygens (including phenoxy) is 3. The van der Waals surface area contributed by atoms with Crippen LogP contribution in [0.25, 0.3) is 0 Å². The van der Waals surface area contributed by atoms with Gasteiger partial charge in [0.1, 0.15) is 0 Å². The van der Waals surface area contributed by atoms with Crippen molar-refractivity contribution < 1.29 is 23.8 Å². The first-order chi connectivity index (χ1) is 10.6. The largest absolute Gasteiger partial charge is 0.493 e. The lowest BCUT2D eigenvalue weighted by Crippen LogP contribution is -2.38. The zero-order valence-electron chi connectivity index (χ0n) is 12.9. The molecule has 7 heteroatoms. The lowest BCUT2D eigenvalue weighted by atomic mass is 9.96. The molecule has 7 nitrogen and oxygen atoms in total. The van der Waals surface area contributed by atoms with E-state index in [1.54, 1.807) is 12.1 Å². The van der Waals surface area contributed by atoms with Gasteiger partial charge < -0.3 is 24.8 Å². The summed E-state index contributed by atoms with van der Waals surface area (Å²) in [6.45, 7) is 0.520. The van der Waals surface area contributed by atoms with Crippen LogP contribution in [-0.2, 0) is 9.59 Å². The summed E-state index contributed by atoms with van der Waals surface area (Å²) in [6, 6.07) is 3.31. The van der Waals surface area contributed by atoms with E-state index < -0.39 is 0 Å². The second-order valence-electron chi connectivity index (χ2n) is 4.94. The van der Waals surface area contributed by atoms with Crippen molar-refractivity contribution in [1.82, 2.24) is 5.32 Å². The molecule has 0 spiro atoms. The molecule has 1 atom stereocenters. The highest BCUT2D eigenvalue weighted by Gasteiger charge is 2.26. The number of methoxy groups -OCH3 is 3. The van der Waals surface area contributed by atoms with E-state index in [4.69, 9.17) is 14.2 Å². The predicted octanol–water partition coefficient (Wildman–Crippen LogP) is 1.18. The van der Waals surface area contributed by atoms with Crippen LogP contribution in [0.3, 0.4) is 0 Å². The fourth-order valence-corrected chi connectivity index (χ4v) is 2.41. The normalized spacial score (nSPS) is 17.4. The Morgan fingerprint density at radius 1 is 1.18 bits per heavy atom. The summed E-state index contributed by atoms with van der Waals surface area (Å²) in [5, 5.41) is 5.51. The third-order valence-electron chi connectivity index (χ3n) is 3.55. The van der Waals surface area contributed by atoms with Crippen molar-refractivity contribution in [3.8, 4) is 17.2 Å². The summed E-state index contributed by atoms with van der Waals surface area (Å²) < 4.78 is 15.7. The van der Waals surface area contributed by atoms with Gasteiger partial charge in [0.25, 0.3) is 0 Å². The lowest BCUT2D eigenvalue weighted by molar-refractivity contribution is -0.129. The van der Waals surface area contributed by atoms with E-state index in [-0.39, 0.29) is 24.2 Å². The van der Waals surface area contributed by atoms with Crippen molar-refractivity contribution in [2.75, 3.05) is 33.2 Å². The molecular weight excluding hydrogens is 288 g/mol. The first-order valence-corrected chi connectivity index (χ1v) is 6.96. The van der Waals surface area contributed by atoms with Gasteiger partial charge in [0, 0.05) is 36.7 Å². The van der Waals surface area contributed by atoms with Gasteiger partial charge in [-0.15, -0.1) is 0 Å². The average molecular weight is 308 g/mol. The Bertz CT molecular complexity index is 548. The van der Waals surface area contributed by atoms with Crippen LogP contribution in [0.1, 0.15) is 12.8 Å². The van der Waals surface area contributed by atoms with E-state index >= 15 is 0 Å². The number of rotatable bonds is 5. The summed E-state index contributed by atoms with van der Waals surface area (Å²) in [4.78, 5) is 23.6. The Morgan fingerprint density at radius 2 is 1.82 bits per heavy atom. The van der Waals surface area contributed by atoms with Gasteiger partial charge in [0.15, 0.2) is 11.5 Å². The SMILES string of the molecule is COc1cc(NC(=O)C2CCNC(=O)C2)cc(OC)c1OC. The maximum atomic E-state index is 12.3. The molecule has 2 amide bonds. The van der Waals surface area contributed by atoms with Gasteiger partial charge in [0.2, 0.25) is 17.6 Å². The Hall–Kier alpha value is -2.44. The van der Waals surface area contributed by atoms with Crippen molar-refractivity contribution in [2.45, 2.75) is 12.8 Å². The smallest absolute Gasteiger partial charge is 0.228 e. The highest BCUT2D eigenvalue weighted by molar-refractivity contribution is 5.96. The van der Waals surface area contributed by atoms with Crippen molar-refractivity contribution in [2.24, 2.45) is 5.92 Å². The van der Waals surface area contributed by atoms with Crippen LogP contribution in [0.4, 0.5) is 5.69 Å². The molecule has 1 aliphatic rings. The number of hydrogen-bond acceptors (Lipinski definition) is 5. The summed E-state index contributed by atoms with van der Waals surface area (Å²) in [5.74, 6) is 0.755. The molecule has 2 rings (SSSR count). The van der Waals surface area contributed by atoms with E-state index in [9.17, 15) is 9.59 Å². The predicted molar refractivity (Wildman–Crippen MR) is 80.5 cm³/mol. The number of carbonyl (C=O) groups is 2. The van der Waals surface area contributed by atoms with Gasteiger partial charge in [-0.2, -0.15) is 0 Å². The molecule has 22 heavy (non-hydrogen) atoms. The number of nitrogens with one attached hydrogen (secondary N) is 2. The molecule has 2 N–H and O–H groups in total. The zero-order valence-corrected chi connectivity index (χ0v) is 12.9. The Labute approximate surface area is 128 Å². The van der Waals surface area contributed by atoms with Gasteiger partial charge >= 0.3 is 0 Å². The minimum Gasteiger partial charge on any atom is -0.493 e. The Balaban J connectivity index is 2.18. The molecule has 1 fully saturated rings. The minimum absolute atomic E-state index is 0.101. The van der Waals surface area contributed by atoms with Gasteiger partial charge in [0.05, 0.1) is 21.3 Å². The van der Waals surface area contributed by atoms with Crippen molar-refractivity contribution in [1.29, 1.82) is 0 Å². The number of hydrogen-bond donors (Lipinski definition) is 2. The number of piperidine rings is 1. The number of amides is 2. The topological polar surface area (TPSA) is 85.9 Å². The van der Waals surface area contributed by atoms with Crippen LogP contribution < -0.4 is 24.8 Å². The van der Waals surface area contributed by atoms with E-state index in [1.807, 2.05) is 0 Å². The fraction of sp³-hybridized carbons (Fsp3) is 0.467. The molecule has 1 unspecified atom stereocenters. The molecule has 0 aliphatic carbocycles. The third-order valence-corrected chi connectivity index (χ3v) is 3.55. The average Bonchev–Trinajstić information content (AvgIpc) is 2.53. The maximum absolute atomic E-state index is 12.3. The first-order valence-electron chi connectivity index (χ1n) is 6.96. The molecule has 0 saturated carbocycles. The molecule has 1 aromatic rings. The van der Waals surface area contributed by atoms with Crippen LogP contribution in [0.5, 0.6) is 17.2 Å². The van der Waals surface area contributed by atoms with E-state index in [1.165, 1.54) is 21.3 Å². The second-order valence-corrected chi connectivity index (χ2v) is 4.94. The molecular formula is C15H20N2O5. The van der Waals surface area contributed by atoms with Gasteiger partial charge in [-0.05, 0) is 6.42 Å². The Kier molecular flexibility index (Phi) is 5.08. The molecule has 1 aromatic carbocycles. The quantitative estimate of drug-likeness (QED) is 0.853. The van der Waals surface area contributed by atoms with Gasteiger partial charge in [-0.1, -0.05) is 0 Å². The summed E-state index contributed by atoms with van der Waals surface area (Å²) in [6.07, 6.45) is 0.832.